The van der Waals surface area contributed by atoms with E-state index in [9.17, 15) is 18.4 Å². The summed E-state index contributed by atoms with van der Waals surface area (Å²) in [7, 11) is 1.66. The summed E-state index contributed by atoms with van der Waals surface area (Å²) in [5, 5.41) is 9.05. The highest BCUT2D eigenvalue weighted by Crippen LogP contribution is 2.49. The third-order valence-electron chi connectivity index (χ3n) is 3.47. The number of carbonyl (C=O) groups is 2. The number of anilines is 1. The topological polar surface area (TPSA) is 76.0 Å². The minimum atomic E-state index is -2.93. The van der Waals surface area contributed by atoms with Crippen LogP contribution in [0.2, 0.25) is 0 Å². The second-order valence-electron chi connectivity index (χ2n) is 4.97. The van der Waals surface area contributed by atoms with Gasteiger partial charge in [0.2, 0.25) is 11.8 Å². The Morgan fingerprint density at radius 3 is 2.71 bits per heavy atom. The van der Waals surface area contributed by atoms with Crippen molar-refractivity contribution in [3.63, 3.8) is 0 Å². The molecule has 1 aliphatic rings. The van der Waals surface area contributed by atoms with Crippen molar-refractivity contribution in [1.29, 1.82) is 0 Å². The Labute approximate surface area is 120 Å². The van der Waals surface area contributed by atoms with E-state index in [1.165, 1.54) is 4.68 Å². The maximum absolute atomic E-state index is 12.9. The van der Waals surface area contributed by atoms with Crippen LogP contribution >= 0.6 is 0 Å². The number of halogens is 2. The van der Waals surface area contributed by atoms with E-state index in [-0.39, 0.29) is 18.3 Å². The number of alkyl halides is 2. The molecule has 1 heterocycles. The summed E-state index contributed by atoms with van der Waals surface area (Å²) < 4.78 is 27.3. The van der Waals surface area contributed by atoms with Gasteiger partial charge >= 0.3 is 0 Å². The Morgan fingerprint density at radius 1 is 1.57 bits per heavy atom. The first-order chi connectivity index (χ1) is 9.76. The number of aryl methyl sites for hydroxylation is 1. The summed E-state index contributed by atoms with van der Waals surface area (Å²) in [6.45, 7) is 5.21. The summed E-state index contributed by atoms with van der Waals surface area (Å²) in [5.74, 6) is -5.16. The van der Waals surface area contributed by atoms with E-state index in [2.05, 4.69) is 22.3 Å². The molecule has 1 aromatic heterocycles. The highest BCUT2D eigenvalue weighted by Gasteiger charge is 2.61. The van der Waals surface area contributed by atoms with Crippen LogP contribution in [0, 0.1) is 12.8 Å². The number of amides is 2. The van der Waals surface area contributed by atoms with Crippen molar-refractivity contribution in [2.45, 2.75) is 25.8 Å². The zero-order chi connectivity index (χ0) is 15.8. The Morgan fingerprint density at radius 2 is 2.19 bits per heavy atom. The van der Waals surface area contributed by atoms with E-state index in [4.69, 9.17) is 0 Å². The van der Waals surface area contributed by atoms with Crippen LogP contribution in [-0.4, -0.2) is 27.5 Å². The smallest absolute Gasteiger partial charge is 0.260 e. The Bertz CT molecular complexity index is 610. The van der Waals surface area contributed by atoms with Gasteiger partial charge in [0, 0.05) is 31.3 Å². The third-order valence-corrected chi connectivity index (χ3v) is 3.47. The van der Waals surface area contributed by atoms with Crippen LogP contribution in [0.5, 0.6) is 0 Å². The van der Waals surface area contributed by atoms with Crippen LogP contribution in [0.1, 0.15) is 17.7 Å². The summed E-state index contributed by atoms with van der Waals surface area (Å²) in [6, 6.07) is 0. The fourth-order valence-electron chi connectivity index (χ4n) is 1.91. The minimum absolute atomic E-state index is 0.126. The van der Waals surface area contributed by atoms with Crippen LogP contribution in [0.4, 0.5) is 14.6 Å². The van der Waals surface area contributed by atoms with E-state index in [1.54, 1.807) is 14.0 Å². The maximum Gasteiger partial charge on any atom is 0.260 e. The SMILES string of the molecule is C=CC(=O)NCc1c(NC(=O)[C@H]2CC2(F)F)nn(C)c1C. The van der Waals surface area contributed by atoms with Gasteiger partial charge in [-0.1, -0.05) is 6.58 Å². The lowest BCUT2D eigenvalue weighted by molar-refractivity contribution is -0.119. The first-order valence-electron chi connectivity index (χ1n) is 6.37. The number of rotatable bonds is 5. The van der Waals surface area contributed by atoms with Gasteiger partial charge in [-0.15, -0.1) is 0 Å². The molecule has 0 radical (unpaired) electrons. The normalized spacial score (nSPS) is 19.0. The molecule has 8 heteroatoms. The molecule has 2 N–H and O–H groups in total. The molecule has 0 unspecified atom stereocenters. The van der Waals surface area contributed by atoms with Crippen LogP contribution in [-0.2, 0) is 23.2 Å². The largest absolute Gasteiger partial charge is 0.348 e. The van der Waals surface area contributed by atoms with Gasteiger partial charge in [0.05, 0.1) is 0 Å². The molecule has 0 saturated heterocycles. The average molecular weight is 298 g/mol. The molecule has 1 fully saturated rings. The van der Waals surface area contributed by atoms with Crippen LogP contribution in [0.15, 0.2) is 12.7 Å². The minimum Gasteiger partial charge on any atom is -0.348 e. The van der Waals surface area contributed by atoms with Gasteiger partial charge in [-0.05, 0) is 13.0 Å². The van der Waals surface area contributed by atoms with Crippen LogP contribution < -0.4 is 10.6 Å². The van der Waals surface area contributed by atoms with Gasteiger partial charge in [-0.25, -0.2) is 8.78 Å². The molecule has 1 aliphatic carbocycles. The number of nitrogens with zero attached hydrogens (tertiary/aromatic N) is 2. The van der Waals surface area contributed by atoms with Crippen molar-refractivity contribution in [3.8, 4) is 0 Å². The molecular weight excluding hydrogens is 282 g/mol. The fraction of sp³-hybridized carbons (Fsp3) is 0.462. The fourth-order valence-corrected chi connectivity index (χ4v) is 1.91. The number of carbonyl (C=O) groups excluding carboxylic acids is 2. The summed E-state index contributed by atoms with van der Waals surface area (Å²) >= 11 is 0. The van der Waals surface area contributed by atoms with Crippen molar-refractivity contribution in [1.82, 2.24) is 15.1 Å². The molecule has 21 heavy (non-hydrogen) atoms. The van der Waals surface area contributed by atoms with Crippen LogP contribution in [0.25, 0.3) is 0 Å². The first kappa shape index (κ1) is 15.1. The highest BCUT2D eigenvalue weighted by atomic mass is 19.3. The molecule has 0 aromatic carbocycles. The molecule has 2 amide bonds. The van der Waals surface area contributed by atoms with Crippen molar-refractivity contribution in [3.05, 3.63) is 23.9 Å². The molecule has 0 bridgehead atoms. The van der Waals surface area contributed by atoms with Crippen molar-refractivity contribution in [2.24, 2.45) is 13.0 Å². The lowest BCUT2D eigenvalue weighted by atomic mass is 10.2. The van der Waals surface area contributed by atoms with E-state index in [0.29, 0.717) is 5.56 Å². The van der Waals surface area contributed by atoms with E-state index in [1.807, 2.05) is 0 Å². The summed E-state index contributed by atoms with van der Waals surface area (Å²) in [4.78, 5) is 22.9. The third kappa shape index (κ3) is 3.09. The second kappa shape index (κ2) is 5.27. The molecule has 0 spiro atoms. The van der Waals surface area contributed by atoms with Crippen LogP contribution in [0.3, 0.4) is 0 Å². The average Bonchev–Trinajstić information content (AvgIpc) is 2.98. The van der Waals surface area contributed by atoms with Gasteiger partial charge in [-0.3, -0.25) is 14.3 Å². The number of nitrogens with one attached hydrogen (secondary N) is 2. The van der Waals surface area contributed by atoms with Crippen molar-refractivity contribution >= 4 is 17.6 Å². The molecule has 0 aliphatic heterocycles. The highest BCUT2D eigenvalue weighted by molar-refractivity contribution is 5.95. The van der Waals surface area contributed by atoms with Gasteiger partial charge in [-0.2, -0.15) is 5.10 Å². The first-order valence-corrected chi connectivity index (χ1v) is 6.37. The lowest BCUT2D eigenvalue weighted by Crippen LogP contribution is -2.23. The quantitative estimate of drug-likeness (QED) is 0.800. The molecular formula is C13H16F2N4O2. The van der Waals surface area contributed by atoms with Crippen molar-refractivity contribution < 1.29 is 18.4 Å². The van der Waals surface area contributed by atoms with Gasteiger partial charge < -0.3 is 10.6 Å². The molecule has 1 saturated carbocycles. The molecule has 114 valence electrons. The number of hydrogen-bond donors (Lipinski definition) is 2. The number of hydrogen-bond acceptors (Lipinski definition) is 3. The Balaban J connectivity index is 2.12. The summed E-state index contributed by atoms with van der Waals surface area (Å²) in [6.07, 6.45) is 0.682. The second-order valence-corrected chi connectivity index (χ2v) is 4.97. The molecule has 1 aromatic rings. The lowest BCUT2D eigenvalue weighted by Gasteiger charge is -2.06. The predicted molar refractivity (Wildman–Crippen MR) is 71.7 cm³/mol. The van der Waals surface area contributed by atoms with Gasteiger partial charge in [0.25, 0.3) is 5.92 Å². The monoisotopic (exact) mass is 298 g/mol. The Hall–Kier alpha value is -2.25. The molecule has 2 rings (SSSR count). The van der Waals surface area contributed by atoms with E-state index < -0.39 is 24.2 Å². The van der Waals surface area contributed by atoms with Gasteiger partial charge in [0.15, 0.2) is 5.82 Å². The predicted octanol–water partition coefficient (Wildman–Crippen LogP) is 1.12. The van der Waals surface area contributed by atoms with Crippen molar-refractivity contribution in [2.75, 3.05) is 5.32 Å². The van der Waals surface area contributed by atoms with E-state index >= 15 is 0 Å². The standard InChI is InChI=1S/C13H16F2N4O2/c1-4-10(20)16-6-8-7(2)19(3)18-11(8)17-12(21)9-5-13(9,14)15/h4,9H,1,5-6H2,2-3H3,(H,16,20)(H,17,18,21)/t9-/m1/s1. The molecule has 1 atom stereocenters. The zero-order valence-electron chi connectivity index (χ0n) is 11.7. The number of aromatic nitrogens is 2. The zero-order valence-corrected chi connectivity index (χ0v) is 11.7. The Kier molecular flexibility index (Phi) is 3.80. The van der Waals surface area contributed by atoms with Gasteiger partial charge in [0.1, 0.15) is 5.92 Å². The molecule has 6 nitrogen and oxygen atoms in total. The van der Waals surface area contributed by atoms with E-state index in [0.717, 1.165) is 11.8 Å². The summed E-state index contributed by atoms with van der Waals surface area (Å²) in [5.41, 5.74) is 1.29. The maximum atomic E-state index is 12.9.